The van der Waals surface area contributed by atoms with Gasteiger partial charge >= 0.3 is 0 Å². The van der Waals surface area contributed by atoms with E-state index >= 15 is 0 Å². The second kappa shape index (κ2) is 19.2. The summed E-state index contributed by atoms with van der Waals surface area (Å²) in [7, 11) is 3.32. The highest BCUT2D eigenvalue weighted by atomic mass is 32.1. The standard InChI is InChI=1S/C47H62N10O5S/c1-10-39(58)55-21-18-31(26-55)45(60)54(8)41(28(3)4)44(59)50-36-23-38-51-43(53-63-38)30-16-17-37-33(22-30)34(42(56(37)11-2)35-25-48-27-49-40(35)29(5)62-9)24-47(6,7)19-12-14-32-15-13-20-57(52-32)46(36)61/h10,12,14,16-17,22,25,27-29,31-32,36,41,52H,1,11,13,15,18-21,23-24,26H2,2-9H3,(H,50,59)/b14-12+/t29-,31-,32+,36-,41?/m0/s1. The summed E-state index contributed by atoms with van der Waals surface area (Å²) in [6.45, 7) is 18.0. The summed E-state index contributed by atoms with van der Waals surface area (Å²) in [5.74, 6) is -1.32. The molecule has 2 saturated heterocycles. The molecule has 2 N–H and O–H groups in total. The van der Waals surface area contributed by atoms with E-state index in [-0.39, 0.29) is 54.2 Å². The van der Waals surface area contributed by atoms with Gasteiger partial charge in [0.1, 0.15) is 23.4 Å². The zero-order valence-corrected chi connectivity index (χ0v) is 38.7. The molecule has 2 fully saturated rings. The monoisotopic (exact) mass is 878 g/mol. The van der Waals surface area contributed by atoms with Crippen LogP contribution < -0.4 is 10.7 Å². The van der Waals surface area contributed by atoms with Crippen molar-refractivity contribution in [1.82, 2.24) is 49.4 Å². The van der Waals surface area contributed by atoms with Gasteiger partial charge < -0.3 is 24.4 Å². The van der Waals surface area contributed by atoms with Crippen LogP contribution in [0.15, 0.2) is 55.5 Å². The van der Waals surface area contributed by atoms with E-state index < -0.39 is 23.9 Å². The Bertz CT molecular complexity index is 2390. The van der Waals surface area contributed by atoms with Crippen molar-refractivity contribution in [3.63, 3.8) is 0 Å². The summed E-state index contributed by atoms with van der Waals surface area (Å²) in [6.07, 6.45) is 12.6. The Balaban J connectivity index is 1.26. The number of fused-ring (bicyclic) bond motifs is 6. The van der Waals surface area contributed by atoms with Gasteiger partial charge in [0, 0.05) is 81.0 Å². The number of likely N-dealkylation sites (N-methyl/N-ethyl adjacent to an activating group) is 1. The molecule has 4 aromatic rings. The number of methoxy groups -OCH3 is 1. The molecule has 15 nitrogen and oxygen atoms in total. The van der Waals surface area contributed by atoms with Crippen LogP contribution in [0.5, 0.6) is 0 Å². The maximum Gasteiger partial charge on any atom is 0.259 e. The highest BCUT2D eigenvalue weighted by molar-refractivity contribution is 7.05. The van der Waals surface area contributed by atoms with Crippen LogP contribution in [-0.2, 0) is 43.3 Å². The Hall–Kier alpha value is -5.32. The van der Waals surface area contributed by atoms with Crippen molar-refractivity contribution in [2.75, 3.05) is 33.8 Å². The number of ether oxygens (including phenoxy) is 1. The summed E-state index contributed by atoms with van der Waals surface area (Å²) in [5, 5.41) is 6.39. The number of hydrogen-bond acceptors (Lipinski definition) is 11. The van der Waals surface area contributed by atoms with E-state index in [1.54, 1.807) is 30.4 Å². The smallest absolute Gasteiger partial charge is 0.259 e. The number of carbonyl (C=O) groups is 4. The summed E-state index contributed by atoms with van der Waals surface area (Å²) in [4.78, 5) is 72.4. The lowest BCUT2D eigenvalue weighted by molar-refractivity contribution is -0.146. The fourth-order valence-electron chi connectivity index (χ4n) is 9.47. The van der Waals surface area contributed by atoms with Crippen molar-refractivity contribution < 1.29 is 23.9 Å². The van der Waals surface area contributed by atoms with Gasteiger partial charge in [0.2, 0.25) is 17.7 Å². The van der Waals surface area contributed by atoms with Crippen LogP contribution >= 0.6 is 11.5 Å². The zero-order valence-electron chi connectivity index (χ0n) is 37.9. The van der Waals surface area contributed by atoms with E-state index in [1.807, 2.05) is 33.0 Å². The SMILES string of the molecule is C=CC(=O)N1CC[C@H](C(=O)N(C)C(C(=O)N[C@H]2Cc3nc(ns3)-c3ccc4c(c3)c(c(-c3cncnc3[C@H](C)OC)n4CC)CC(C)(C)C/C=C/[C@@H]3CCCN(N3)C2=O)C(C)C)C1. The largest absolute Gasteiger partial charge is 0.375 e. The van der Waals surface area contributed by atoms with Crippen LogP contribution in [0.3, 0.4) is 0 Å². The number of allylic oxidation sites excluding steroid dienone is 1. The molecule has 6 heterocycles. The molecular weight excluding hydrogens is 817 g/mol. The van der Waals surface area contributed by atoms with Gasteiger partial charge in [-0.1, -0.05) is 46.4 Å². The minimum Gasteiger partial charge on any atom is -0.375 e. The molecule has 336 valence electrons. The lowest BCUT2D eigenvalue weighted by Gasteiger charge is -2.36. The topological polar surface area (TPSA) is 168 Å². The normalized spacial score (nSPS) is 21.8. The molecular formula is C47H62N10O5S. The van der Waals surface area contributed by atoms with Gasteiger partial charge in [-0.15, -0.1) is 0 Å². The number of hydrogen-bond donors (Lipinski definition) is 2. The Morgan fingerprint density at radius 1 is 1.17 bits per heavy atom. The molecule has 0 aliphatic carbocycles. The van der Waals surface area contributed by atoms with Crippen molar-refractivity contribution in [3.05, 3.63) is 71.8 Å². The lowest BCUT2D eigenvalue weighted by atomic mass is 9.80. The van der Waals surface area contributed by atoms with Crippen LogP contribution in [0.25, 0.3) is 33.5 Å². The molecule has 4 amide bonds. The number of likely N-dealkylation sites (tertiary alicyclic amines) is 1. The number of amides is 4. The Morgan fingerprint density at radius 2 is 1.97 bits per heavy atom. The van der Waals surface area contributed by atoms with Crippen LogP contribution in [0.4, 0.5) is 0 Å². The summed E-state index contributed by atoms with van der Waals surface area (Å²) < 4.78 is 13.0. The van der Waals surface area contributed by atoms with E-state index in [0.29, 0.717) is 30.3 Å². The third-order valence-electron chi connectivity index (χ3n) is 12.8. The number of aromatic nitrogens is 5. The van der Waals surface area contributed by atoms with Gasteiger partial charge in [-0.25, -0.2) is 20.4 Å². The van der Waals surface area contributed by atoms with Crippen LogP contribution in [0, 0.1) is 17.3 Å². The average Bonchev–Trinajstić information content (AvgIpc) is 4.03. The molecule has 1 unspecified atom stereocenters. The summed E-state index contributed by atoms with van der Waals surface area (Å²) in [6, 6.07) is 4.40. The second-order valence-electron chi connectivity index (χ2n) is 18.2. The Labute approximate surface area is 374 Å². The maximum atomic E-state index is 14.6. The van der Waals surface area contributed by atoms with Crippen LogP contribution in [-0.4, -0.2) is 114 Å². The number of carbonyl (C=O) groups excluding carboxylic acids is 4. The van der Waals surface area contributed by atoms with E-state index in [0.717, 1.165) is 65.6 Å². The highest BCUT2D eigenvalue weighted by Crippen LogP contribution is 2.42. The van der Waals surface area contributed by atoms with E-state index in [4.69, 9.17) is 19.1 Å². The molecule has 63 heavy (non-hydrogen) atoms. The molecule has 0 spiro atoms. The first-order valence-electron chi connectivity index (χ1n) is 22.2. The molecule has 3 aliphatic heterocycles. The van der Waals surface area contributed by atoms with E-state index in [9.17, 15) is 19.2 Å². The first kappa shape index (κ1) is 45.7. The Morgan fingerprint density at radius 3 is 2.70 bits per heavy atom. The first-order chi connectivity index (χ1) is 30.1. The lowest BCUT2D eigenvalue weighted by Crippen LogP contribution is -2.61. The summed E-state index contributed by atoms with van der Waals surface area (Å²) in [5.41, 5.74) is 9.24. The molecule has 16 heteroatoms. The molecule has 0 radical (unpaired) electrons. The van der Waals surface area contributed by atoms with Gasteiger partial charge in [-0.05, 0) is 98.7 Å². The second-order valence-corrected chi connectivity index (χ2v) is 19.1. The fourth-order valence-corrected chi connectivity index (χ4v) is 10.2. The minimum absolute atomic E-state index is 0.0901. The third-order valence-corrected chi connectivity index (χ3v) is 13.5. The number of aryl methyl sites for hydroxylation is 1. The maximum absolute atomic E-state index is 14.6. The predicted octanol–water partition coefficient (Wildman–Crippen LogP) is 5.91. The van der Waals surface area contributed by atoms with Gasteiger partial charge in [-0.2, -0.15) is 4.37 Å². The molecule has 3 aromatic heterocycles. The first-order valence-corrected chi connectivity index (χ1v) is 23.0. The van der Waals surface area contributed by atoms with Gasteiger partial charge in [0.05, 0.1) is 23.4 Å². The highest BCUT2D eigenvalue weighted by Gasteiger charge is 2.39. The molecule has 3 aliphatic rings. The Kier molecular flexibility index (Phi) is 13.9. The van der Waals surface area contributed by atoms with Crippen molar-refractivity contribution in [2.24, 2.45) is 17.3 Å². The minimum atomic E-state index is -0.990. The molecule has 6 bridgehead atoms. The van der Waals surface area contributed by atoms with Crippen molar-refractivity contribution in [1.29, 1.82) is 0 Å². The fraction of sp³-hybridized carbons (Fsp3) is 0.532. The van der Waals surface area contributed by atoms with Crippen molar-refractivity contribution >= 4 is 46.1 Å². The average molecular weight is 879 g/mol. The quantitative estimate of drug-likeness (QED) is 0.144. The number of benzene rings is 1. The number of nitrogens with zero attached hydrogens (tertiary/aromatic N) is 8. The molecule has 5 atom stereocenters. The van der Waals surface area contributed by atoms with Gasteiger partial charge in [0.25, 0.3) is 5.91 Å². The van der Waals surface area contributed by atoms with Crippen molar-refractivity contribution in [3.8, 4) is 22.6 Å². The van der Waals surface area contributed by atoms with Crippen LogP contribution in [0.2, 0.25) is 0 Å². The zero-order chi connectivity index (χ0) is 45.2. The van der Waals surface area contributed by atoms with E-state index in [1.165, 1.54) is 28.1 Å². The predicted molar refractivity (Wildman–Crippen MR) is 244 cm³/mol. The molecule has 0 saturated carbocycles. The van der Waals surface area contributed by atoms with Crippen molar-refractivity contribution in [2.45, 2.75) is 111 Å². The summed E-state index contributed by atoms with van der Waals surface area (Å²) >= 11 is 1.21. The molecule has 7 rings (SSSR count). The van der Waals surface area contributed by atoms with Gasteiger partial charge in [-0.3, -0.25) is 24.2 Å². The van der Waals surface area contributed by atoms with Crippen LogP contribution in [0.1, 0.15) is 89.6 Å². The third kappa shape index (κ3) is 9.63. The number of hydrazine groups is 1. The number of rotatable bonds is 10. The molecule has 1 aromatic carbocycles. The van der Waals surface area contributed by atoms with E-state index in [2.05, 4.69) is 71.9 Å². The van der Waals surface area contributed by atoms with Gasteiger partial charge in [0.15, 0.2) is 5.82 Å². The number of nitrogens with one attached hydrogen (secondary N) is 2.